The molecule has 0 rings (SSSR count). The first-order valence-electron chi connectivity index (χ1n) is 15.1. The zero-order valence-corrected chi connectivity index (χ0v) is 29.8. The fourth-order valence-electron chi connectivity index (χ4n) is 4.42. The van der Waals surface area contributed by atoms with E-state index in [0.717, 1.165) is 51.4 Å². The van der Waals surface area contributed by atoms with Crippen LogP contribution in [0.2, 0.25) is 0 Å². The summed E-state index contributed by atoms with van der Waals surface area (Å²) >= 11 is 0. The molecule has 0 radical (unpaired) electrons. The number of rotatable bonds is 26. The van der Waals surface area contributed by atoms with Crippen molar-refractivity contribution in [3.05, 3.63) is 0 Å². The molecular formula is C27H37F16NaO5S. The molecule has 0 saturated carbocycles. The van der Waals surface area contributed by atoms with Crippen molar-refractivity contribution >= 4 is 16.1 Å². The van der Waals surface area contributed by atoms with E-state index < -0.39 is 82.2 Å². The molecule has 0 bridgehead atoms. The maximum Gasteiger partial charge on any atom is 1.00 e. The Morgan fingerprint density at radius 1 is 0.580 bits per heavy atom. The van der Waals surface area contributed by atoms with Gasteiger partial charge in [0.05, 0.1) is 0 Å². The maximum absolute atomic E-state index is 14.0. The smallest absolute Gasteiger partial charge is 0.747 e. The molecule has 0 aromatic carbocycles. The molecule has 5 nitrogen and oxygen atoms in total. The van der Waals surface area contributed by atoms with Gasteiger partial charge in [0.25, 0.3) is 0 Å². The van der Waals surface area contributed by atoms with Gasteiger partial charge in [-0.2, -0.15) is 61.5 Å². The summed E-state index contributed by atoms with van der Waals surface area (Å²) in [5.74, 6) is -59.1. The van der Waals surface area contributed by atoms with Gasteiger partial charge in [0.2, 0.25) is 0 Å². The second-order valence-electron chi connectivity index (χ2n) is 11.5. The first-order valence-corrected chi connectivity index (χ1v) is 16.5. The van der Waals surface area contributed by atoms with Gasteiger partial charge in [-0.1, -0.05) is 96.8 Å². The zero-order valence-electron chi connectivity index (χ0n) is 27.0. The number of carbonyl (C=O) groups excluding carboxylic acids is 1. The number of alkyl halides is 16. The molecule has 0 N–H and O–H groups in total. The summed E-state index contributed by atoms with van der Waals surface area (Å²) in [6.45, 7) is -1.45. The van der Waals surface area contributed by atoms with E-state index in [-0.39, 0.29) is 42.4 Å². The maximum atomic E-state index is 14.0. The van der Waals surface area contributed by atoms with Crippen LogP contribution in [0.1, 0.15) is 103 Å². The molecule has 0 amide bonds. The van der Waals surface area contributed by atoms with E-state index in [4.69, 9.17) is 0 Å². The van der Waals surface area contributed by atoms with Gasteiger partial charge in [-0.25, -0.2) is 17.2 Å². The molecule has 0 aliphatic rings. The summed E-state index contributed by atoms with van der Waals surface area (Å²) in [5, 5.41) is -2.93. The van der Waals surface area contributed by atoms with Crippen molar-refractivity contribution in [1.82, 2.24) is 0 Å². The normalized spacial score (nSPS) is 14.9. The molecule has 0 saturated heterocycles. The summed E-state index contributed by atoms with van der Waals surface area (Å²) in [4.78, 5) is 12.0. The third-order valence-electron chi connectivity index (χ3n) is 7.56. The second kappa shape index (κ2) is 20.1. The minimum Gasteiger partial charge on any atom is -0.747 e. The Labute approximate surface area is 300 Å². The van der Waals surface area contributed by atoms with E-state index in [1.165, 1.54) is 12.8 Å². The summed E-state index contributed by atoms with van der Waals surface area (Å²) < 4.78 is 253. The Kier molecular flexibility index (Phi) is 20.6. The van der Waals surface area contributed by atoms with Crippen molar-refractivity contribution in [2.45, 2.75) is 156 Å². The molecule has 1 unspecified atom stereocenters. The van der Waals surface area contributed by atoms with Crippen molar-refractivity contribution in [2.75, 3.05) is 6.61 Å². The topological polar surface area (TPSA) is 83.5 Å². The Bertz CT molecular complexity index is 1120. The van der Waals surface area contributed by atoms with E-state index in [2.05, 4.69) is 11.7 Å². The molecule has 23 heteroatoms. The average molecular weight is 801 g/mol. The van der Waals surface area contributed by atoms with Crippen LogP contribution < -0.4 is 29.6 Å². The first kappa shape index (κ1) is 51.4. The fourth-order valence-corrected chi connectivity index (χ4v) is 5.18. The summed E-state index contributed by atoms with van der Waals surface area (Å²) in [7, 11) is -5.83. The molecule has 0 aromatic heterocycles. The molecule has 0 heterocycles. The average Bonchev–Trinajstić information content (AvgIpc) is 2.96. The van der Waals surface area contributed by atoms with Gasteiger partial charge in [-0.05, 0) is 6.42 Å². The van der Waals surface area contributed by atoms with Crippen LogP contribution in [0.5, 0.6) is 0 Å². The van der Waals surface area contributed by atoms with Crippen LogP contribution in [0.3, 0.4) is 0 Å². The molecule has 0 aliphatic heterocycles. The Hall–Kier alpha value is -0.740. The van der Waals surface area contributed by atoms with Crippen molar-refractivity contribution in [2.24, 2.45) is 0 Å². The minimum absolute atomic E-state index is 0. The van der Waals surface area contributed by atoms with E-state index in [9.17, 15) is 88.0 Å². The standard InChI is InChI=1S/C27H38F16O5S.Na/c1-2-3-4-5-6-7-8-9-10-11-12-13-14-15-16-18(49(45,46)47)19(44)48-17-21(30,31)23(34,35)25(38,39)27(42,43)26(40,41)24(36,37)22(32,33)20(28)29;/h18,20H,2-17H2,1H3,(H,45,46,47);/q;+1/p-1. The number of carbonyl (C=O) groups is 1. The van der Waals surface area contributed by atoms with Crippen molar-refractivity contribution in [3.63, 3.8) is 0 Å². The van der Waals surface area contributed by atoms with Gasteiger partial charge in [0.15, 0.2) is 6.61 Å². The molecule has 1 atom stereocenters. The monoisotopic (exact) mass is 800 g/mol. The van der Waals surface area contributed by atoms with Gasteiger partial charge in [0.1, 0.15) is 15.4 Å². The van der Waals surface area contributed by atoms with E-state index in [1.807, 2.05) is 0 Å². The van der Waals surface area contributed by atoms with Crippen LogP contribution in [-0.4, -0.2) is 78.7 Å². The Morgan fingerprint density at radius 3 is 1.24 bits per heavy atom. The van der Waals surface area contributed by atoms with Gasteiger partial charge in [-0.15, -0.1) is 0 Å². The number of hydrogen-bond donors (Lipinski definition) is 0. The SMILES string of the molecule is CCCCCCCCCCCCCCCCC(C(=O)OCC(F)(F)C(F)(F)C(F)(F)C(F)(F)C(F)(F)C(F)(F)C(F)(F)C(F)F)S(=O)(=O)[O-].[Na+]. The van der Waals surface area contributed by atoms with Crippen LogP contribution in [-0.2, 0) is 19.6 Å². The molecular weight excluding hydrogens is 763 g/mol. The molecule has 50 heavy (non-hydrogen) atoms. The molecule has 294 valence electrons. The quantitative estimate of drug-likeness (QED) is 0.0309. The summed E-state index contributed by atoms with van der Waals surface area (Å²) in [5.41, 5.74) is 0. The number of hydrogen-bond acceptors (Lipinski definition) is 5. The van der Waals surface area contributed by atoms with Crippen molar-refractivity contribution in [1.29, 1.82) is 0 Å². The van der Waals surface area contributed by atoms with Crippen LogP contribution in [0, 0.1) is 0 Å². The second-order valence-corrected chi connectivity index (χ2v) is 13.0. The third-order valence-corrected chi connectivity index (χ3v) is 8.68. The van der Waals surface area contributed by atoms with Crippen LogP contribution >= 0.6 is 0 Å². The molecule has 0 fully saturated rings. The van der Waals surface area contributed by atoms with Gasteiger partial charge >= 0.3 is 83.4 Å². The Balaban J connectivity index is 0. The van der Waals surface area contributed by atoms with Gasteiger partial charge < -0.3 is 9.29 Å². The molecule has 0 spiro atoms. The number of unbranched alkanes of at least 4 members (excludes halogenated alkanes) is 13. The summed E-state index contributed by atoms with van der Waals surface area (Å²) in [6, 6.07) is 0. The zero-order chi connectivity index (χ0) is 38.8. The van der Waals surface area contributed by atoms with Crippen LogP contribution in [0.25, 0.3) is 0 Å². The van der Waals surface area contributed by atoms with E-state index >= 15 is 0 Å². The Morgan fingerprint density at radius 2 is 0.900 bits per heavy atom. The molecule has 0 aromatic rings. The van der Waals surface area contributed by atoms with Crippen LogP contribution in [0.4, 0.5) is 70.2 Å². The van der Waals surface area contributed by atoms with E-state index in [1.54, 1.807) is 0 Å². The number of halogens is 16. The number of esters is 1. The largest absolute Gasteiger partial charge is 1.00 e. The van der Waals surface area contributed by atoms with Crippen LogP contribution in [0.15, 0.2) is 0 Å². The van der Waals surface area contributed by atoms with Gasteiger partial charge in [0, 0.05) is 0 Å². The minimum atomic E-state index is -8.63. The predicted molar refractivity (Wildman–Crippen MR) is 140 cm³/mol. The number of ether oxygens (including phenoxy) is 1. The third kappa shape index (κ3) is 12.1. The van der Waals surface area contributed by atoms with Crippen molar-refractivity contribution in [3.8, 4) is 0 Å². The van der Waals surface area contributed by atoms with Crippen molar-refractivity contribution < 1.29 is 122 Å². The predicted octanol–water partition coefficient (Wildman–Crippen LogP) is 7.03. The van der Waals surface area contributed by atoms with E-state index in [0.29, 0.717) is 12.8 Å². The fraction of sp³-hybridized carbons (Fsp3) is 0.963. The first-order chi connectivity index (χ1) is 22.0. The summed E-state index contributed by atoms with van der Waals surface area (Å²) in [6.07, 6.45) is 4.31. The molecule has 0 aliphatic carbocycles. The van der Waals surface area contributed by atoms with Gasteiger partial charge in [-0.3, -0.25) is 4.79 Å².